The highest BCUT2D eigenvalue weighted by atomic mass is 35.5. The van der Waals surface area contributed by atoms with E-state index in [9.17, 15) is 4.79 Å². The normalized spacial score (nSPS) is 22.4. The van der Waals surface area contributed by atoms with E-state index in [0.717, 1.165) is 0 Å². The van der Waals surface area contributed by atoms with Gasteiger partial charge in [-0.3, -0.25) is 0 Å². The van der Waals surface area contributed by atoms with Crippen molar-refractivity contribution >= 4 is 28.7 Å². The number of allylic oxidation sites excluding steroid dienone is 1. The van der Waals surface area contributed by atoms with E-state index in [2.05, 4.69) is 15.0 Å². The number of hydrogen-bond acceptors (Lipinski definition) is 5. The zero-order valence-corrected chi connectivity index (χ0v) is 14.2. The van der Waals surface area contributed by atoms with Crippen molar-refractivity contribution < 1.29 is 9.53 Å². The molecule has 0 radical (unpaired) electrons. The molecule has 25 heavy (non-hydrogen) atoms. The Kier molecular flexibility index (Phi) is 3.77. The maximum atomic E-state index is 12.2. The van der Waals surface area contributed by atoms with Crippen molar-refractivity contribution in [1.29, 1.82) is 0 Å². The van der Waals surface area contributed by atoms with E-state index >= 15 is 0 Å². The van der Waals surface area contributed by atoms with Gasteiger partial charge in [-0.25, -0.2) is 19.7 Å². The second-order valence-electron chi connectivity index (χ2n) is 6.18. The molecule has 0 fully saturated rings. The van der Waals surface area contributed by atoms with Crippen LogP contribution in [0.25, 0.3) is 11.2 Å². The molecule has 0 saturated heterocycles. The van der Waals surface area contributed by atoms with Gasteiger partial charge in [-0.1, -0.05) is 35.9 Å². The van der Waals surface area contributed by atoms with Gasteiger partial charge >= 0.3 is 5.97 Å². The molecule has 1 aliphatic carbocycles. The Morgan fingerprint density at radius 3 is 2.88 bits per heavy atom. The average molecular weight is 355 g/mol. The predicted octanol–water partition coefficient (Wildman–Crippen LogP) is 3.38. The number of imidazole rings is 1. The van der Waals surface area contributed by atoms with Crippen molar-refractivity contribution in [2.24, 2.45) is 0 Å². The minimum Gasteiger partial charge on any atom is -0.454 e. The summed E-state index contributed by atoms with van der Waals surface area (Å²) in [6.45, 7) is 2.04. The quantitative estimate of drug-likeness (QED) is 0.409. The van der Waals surface area contributed by atoms with Crippen molar-refractivity contribution in [2.75, 3.05) is 0 Å². The van der Waals surface area contributed by atoms with E-state index in [4.69, 9.17) is 16.3 Å². The lowest BCUT2D eigenvalue weighted by Gasteiger charge is -2.25. The highest BCUT2D eigenvalue weighted by Crippen LogP contribution is 2.35. The molecule has 126 valence electrons. The molecule has 1 aliphatic rings. The third kappa shape index (κ3) is 2.78. The third-order valence-electron chi connectivity index (χ3n) is 4.39. The highest BCUT2D eigenvalue weighted by Gasteiger charge is 2.35. The largest absolute Gasteiger partial charge is 0.454 e. The molecule has 0 aliphatic heterocycles. The van der Waals surface area contributed by atoms with Crippen LogP contribution in [-0.2, 0) is 10.3 Å². The van der Waals surface area contributed by atoms with Gasteiger partial charge in [-0.15, -0.1) is 0 Å². The van der Waals surface area contributed by atoms with Crippen LogP contribution < -0.4 is 0 Å². The van der Waals surface area contributed by atoms with Crippen molar-refractivity contribution in [3.8, 4) is 0 Å². The van der Waals surface area contributed by atoms with Gasteiger partial charge < -0.3 is 9.30 Å². The van der Waals surface area contributed by atoms with E-state index in [1.54, 1.807) is 18.5 Å². The summed E-state index contributed by atoms with van der Waals surface area (Å²) >= 11 is 6.07. The summed E-state index contributed by atoms with van der Waals surface area (Å²) in [5.74, 6) is -0.333. The SMILES string of the molecule is C[C@]1(n2cnc3c(Cl)ncnc32)C=C[C@@H](OC(=O)c2ccccc2)C1. The van der Waals surface area contributed by atoms with Crippen molar-refractivity contribution in [3.05, 3.63) is 65.9 Å². The summed E-state index contributed by atoms with van der Waals surface area (Å²) in [7, 11) is 0. The zero-order valence-electron chi connectivity index (χ0n) is 13.5. The second kappa shape index (κ2) is 5.97. The fourth-order valence-electron chi connectivity index (χ4n) is 3.08. The molecule has 7 heteroatoms. The number of ether oxygens (including phenoxy) is 1. The first-order valence-electron chi connectivity index (χ1n) is 7.86. The van der Waals surface area contributed by atoms with Crippen LogP contribution in [0.1, 0.15) is 23.7 Å². The Morgan fingerprint density at radius 1 is 1.28 bits per heavy atom. The minimum atomic E-state index is -0.409. The van der Waals surface area contributed by atoms with Crippen LogP contribution in [0.4, 0.5) is 0 Å². The van der Waals surface area contributed by atoms with Gasteiger partial charge in [0, 0.05) is 6.42 Å². The van der Waals surface area contributed by atoms with Crippen LogP contribution in [0.3, 0.4) is 0 Å². The van der Waals surface area contributed by atoms with Gasteiger partial charge in [0.15, 0.2) is 10.8 Å². The number of nitrogens with zero attached hydrogens (tertiary/aromatic N) is 4. The number of esters is 1. The number of hydrogen-bond donors (Lipinski definition) is 0. The molecule has 2 atom stereocenters. The Hall–Kier alpha value is -2.73. The fraction of sp³-hybridized carbons (Fsp3) is 0.222. The third-order valence-corrected chi connectivity index (χ3v) is 4.67. The maximum Gasteiger partial charge on any atom is 0.338 e. The molecule has 1 aromatic carbocycles. The lowest BCUT2D eigenvalue weighted by molar-refractivity contribution is 0.0362. The van der Waals surface area contributed by atoms with Gasteiger partial charge in [-0.05, 0) is 25.1 Å². The van der Waals surface area contributed by atoms with E-state index in [1.165, 1.54) is 6.33 Å². The molecule has 0 N–H and O–H groups in total. The first kappa shape index (κ1) is 15.8. The number of carbonyl (C=O) groups excluding carboxylic acids is 1. The number of aromatic nitrogens is 4. The first-order chi connectivity index (χ1) is 12.1. The molecule has 0 amide bonds. The van der Waals surface area contributed by atoms with Gasteiger partial charge in [0.2, 0.25) is 0 Å². The molecule has 0 spiro atoms. The standard InChI is InChI=1S/C18H15ClN4O2/c1-18(23-11-22-14-15(19)20-10-21-16(14)23)8-7-13(9-18)25-17(24)12-5-3-2-4-6-12/h2-8,10-11,13H,9H2,1H3/t13-,18+/m1/s1. The van der Waals surface area contributed by atoms with Crippen LogP contribution >= 0.6 is 11.6 Å². The predicted molar refractivity (Wildman–Crippen MR) is 93.4 cm³/mol. The second-order valence-corrected chi connectivity index (χ2v) is 6.54. The van der Waals surface area contributed by atoms with Crippen LogP contribution in [-0.4, -0.2) is 31.6 Å². The lowest BCUT2D eigenvalue weighted by atomic mass is 10.0. The van der Waals surface area contributed by atoms with Crippen LogP contribution in [0.15, 0.2) is 55.1 Å². The maximum absolute atomic E-state index is 12.2. The minimum absolute atomic E-state index is 0.313. The Labute approximate surface area is 149 Å². The summed E-state index contributed by atoms with van der Waals surface area (Å²) in [4.78, 5) is 24.8. The van der Waals surface area contributed by atoms with Crippen molar-refractivity contribution in [1.82, 2.24) is 19.5 Å². The number of fused-ring (bicyclic) bond motifs is 1. The van der Waals surface area contributed by atoms with Gasteiger partial charge in [-0.2, -0.15) is 0 Å². The molecule has 6 nitrogen and oxygen atoms in total. The smallest absolute Gasteiger partial charge is 0.338 e. The average Bonchev–Trinajstić information content (AvgIpc) is 3.21. The Balaban J connectivity index is 1.56. The summed E-state index contributed by atoms with van der Waals surface area (Å²) < 4.78 is 7.54. The van der Waals surface area contributed by atoms with Crippen LogP contribution in [0, 0.1) is 0 Å². The van der Waals surface area contributed by atoms with Gasteiger partial charge in [0.05, 0.1) is 17.4 Å². The molecule has 0 unspecified atom stereocenters. The Morgan fingerprint density at radius 2 is 2.08 bits per heavy atom. The highest BCUT2D eigenvalue weighted by molar-refractivity contribution is 6.33. The van der Waals surface area contributed by atoms with Gasteiger partial charge in [0.25, 0.3) is 0 Å². The van der Waals surface area contributed by atoms with Crippen LogP contribution in [0.5, 0.6) is 0 Å². The summed E-state index contributed by atoms with van der Waals surface area (Å²) in [6.07, 6.45) is 7.29. The molecule has 2 heterocycles. The molecule has 0 saturated carbocycles. The molecule has 2 aromatic heterocycles. The number of rotatable bonds is 3. The molecule has 0 bridgehead atoms. The number of halogens is 1. The van der Waals surface area contributed by atoms with Crippen molar-refractivity contribution in [2.45, 2.75) is 25.0 Å². The molecular weight excluding hydrogens is 340 g/mol. The molecule has 3 aromatic rings. The fourth-order valence-corrected chi connectivity index (χ4v) is 3.25. The summed E-state index contributed by atoms with van der Waals surface area (Å²) in [6, 6.07) is 8.96. The van der Waals surface area contributed by atoms with Gasteiger partial charge in [0.1, 0.15) is 17.9 Å². The van der Waals surface area contributed by atoms with E-state index in [1.807, 2.05) is 41.8 Å². The topological polar surface area (TPSA) is 69.9 Å². The zero-order chi connectivity index (χ0) is 17.4. The van der Waals surface area contributed by atoms with E-state index < -0.39 is 5.54 Å². The number of carbonyl (C=O) groups is 1. The van der Waals surface area contributed by atoms with Crippen LogP contribution in [0.2, 0.25) is 5.15 Å². The lowest BCUT2D eigenvalue weighted by Crippen LogP contribution is -2.28. The molecular formula is C18H15ClN4O2. The van der Waals surface area contributed by atoms with E-state index in [0.29, 0.717) is 28.3 Å². The Bertz CT molecular complexity index is 970. The monoisotopic (exact) mass is 354 g/mol. The number of benzene rings is 1. The van der Waals surface area contributed by atoms with E-state index in [-0.39, 0.29) is 12.1 Å². The first-order valence-corrected chi connectivity index (χ1v) is 8.24. The summed E-state index contributed by atoms with van der Waals surface area (Å²) in [5.41, 5.74) is 1.34. The van der Waals surface area contributed by atoms with Crippen molar-refractivity contribution in [3.63, 3.8) is 0 Å². The summed E-state index contributed by atoms with van der Waals surface area (Å²) in [5, 5.41) is 0.321. The molecule has 4 rings (SSSR count).